The van der Waals surface area contributed by atoms with E-state index in [1.54, 1.807) is 0 Å². The summed E-state index contributed by atoms with van der Waals surface area (Å²) in [5.74, 6) is 0. The molecule has 172 valence electrons. The van der Waals surface area contributed by atoms with E-state index in [9.17, 15) is 0 Å². The Kier molecular flexibility index (Phi) is 9.59. The Bertz CT molecular complexity index is 883. The van der Waals surface area contributed by atoms with Crippen LogP contribution in [0.15, 0.2) is 79.4 Å². The van der Waals surface area contributed by atoms with E-state index >= 15 is 0 Å². The summed E-state index contributed by atoms with van der Waals surface area (Å²) < 4.78 is 4.64. The summed E-state index contributed by atoms with van der Waals surface area (Å²) in [7, 11) is 2.13. The molecule has 0 aliphatic carbocycles. The number of hydrogen-bond acceptors (Lipinski definition) is 0. The smallest absolute Gasteiger partial charge is 0.240 e. The largest absolute Gasteiger partial charge is 0.243 e. The molecule has 2 heteroatoms. The fourth-order valence-electron chi connectivity index (χ4n) is 5.17. The van der Waals surface area contributed by atoms with Crippen molar-refractivity contribution in [2.24, 2.45) is 7.05 Å². The summed E-state index contributed by atoms with van der Waals surface area (Å²) in [4.78, 5) is 0. The summed E-state index contributed by atoms with van der Waals surface area (Å²) in [6, 6.07) is 22.6. The highest BCUT2D eigenvalue weighted by molar-refractivity contribution is 5.30. The summed E-state index contributed by atoms with van der Waals surface area (Å²) in [6.45, 7) is 4.77. The molecule has 2 unspecified atom stereocenters. The van der Waals surface area contributed by atoms with Gasteiger partial charge < -0.3 is 0 Å². The molecule has 0 saturated heterocycles. The molecular weight excluding hydrogens is 388 g/mol. The highest BCUT2D eigenvalue weighted by Gasteiger charge is 2.40. The molecule has 3 aromatic rings. The van der Waals surface area contributed by atoms with Crippen LogP contribution >= 0.6 is 0 Å². The van der Waals surface area contributed by atoms with E-state index < -0.39 is 0 Å². The van der Waals surface area contributed by atoms with E-state index in [0.29, 0.717) is 6.04 Å². The van der Waals surface area contributed by atoms with Crippen molar-refractivity contribution in [3.8, 4) is 0 Å². The van der Waals surface area contributed by atoms with Gasteiger partial charge in [0.15, 0.2) is 0 Å². The van der Waals surface area contributed by atoms with E-state index in [4.69, 9.17) is 0 Å². The van der Waals surface area contributed by atoms with Crippen molar-refractivity contribution in [2.75, 3.05) is 0 Å². The molecule has 2 nitrogen and oxygen atoms in total. The molecule has 3 rings (SSSR count). The number of unbranched alkanes of at least 4 members (excludes halogenated alkanes) is 7. The first-order valence-electron chi connectivity index (χ1n) is 12.8. The van der Waals surface area contributed by atoms with Crippen LogP contribution in [0.2, 0.25) is 0 Å². The molecule has 32 heavy (non-hydrogen) atoms. The van der Waals surface area contributed by atoms with Crippen molar-refractivity contribution in [2.45, 2.75) is 89.5 Å². The molecule has 0 amide bonds. The Morgan fingerprint density at radius 3 is 2.00 bits per heavy atom. The zero-order valence-corrected chi connectivity index (χ0v) is 20.5. The molecule has 0 aliphatic heterocycles. The van der Waals surface area contributed by atoms with Gasteiger partial charge in [0.25, 0.3) is 0 Å². The third-order valence-electron chi connectivity index (χ3n) is 7.06. The molecule has 2 atom stereocenters. The molecule has 0 radical (unpaired) electrons. The lowest BCUT2D eigenvalue weighted by Gasteiger charge is -2.37. The predicted octanol–water partition coefficient (Wildman–Crippen LogP) is 7.59. The summed E-state index contributed by atoms with van der Waals surface area (Å²) in [6.07, 6.45) is 19.9. The van der Waals surface area contributed by atoms with E-state index in [0.717, 1.165) is 6.42 Å². The lowest BCUT2D eigenvalue weighted by molar-refractivity contribution is -0.671. The predicted molar refractivity (Wildman–Crippen MR) is 136 cm³/mol. The number of benzene rings is 2. The van der Waals surface area contributed by atoms with Gasteiger partial charge in [0.1, 0.15) is 18.4 Å². The number of aromatic nitrogens is 2. The zero-order valence-electron chi connectivity index (χ0n) is 20.5. The maximum Gasteiger partial charge on any atom is 0.243 e. The van der Waals surface area contributed by atoms with Crippen molar-refractivity contribution in [3.63, 3.8) is 0 Å². The van der Waals surface area contributed by atoms with Crippen molar-refractivity contribution >= 4 is 0 Å². The third-order valence-corrected chi connectivity index (χ3v) is 7.06. The fraction of sp³-hybridized carbons (Fsp3) is 0.500. The van der Waals surface area contributed by atoms with Crippen LogP contribution in [0.4, 0.5) is 0 Å². The van der Waals surface area contributed by atoms with Crippen molar-refractivity contribution < 1.29 is 4.57 Å². The highest BCUT2D eigenvalue weighted by Crippen LogP contribution is 2.41. The first kappa shape index (κ1) is 24.3. The standard InChI is InChI=1S/C30H43N2/c1-4-5-6-7-8-9-10-17-22-29(32-24-23-31(3)26-32)30(2,28-20-15-12-16-21-28)25-27-18-13-11-14-19-27/h11-16,18-21,23-24,26,29H,4-10,17,22,25H2,1-3H3/q+1. The van der Waals surface area contributed by atoms with Gasteiger partial charge in [0, 0.05) is 5.41 Å². The average molecular weight is 432 g/mol. The van der Waals surface area contributed by atoms with E-state index in [1.165, 1.54) is 68.9 Å². The van der Waals surface area contributed by atoms with E-state index in [1.807, 2.05) is 0 Å². The molecular formula is C30H43N2+. The van der Waals surface area contributed by atoms with Crippen LogP contribution in [0.1, 0.15) is 88.8 Å². The van der Waals surface area contributed by atoms with Crippen LogP contribution in [0.25, 0.3) is 0 Å². The molecule has 1 heterocycles. The molecule has 0 bridgehead atoms. The molecule has 0 saturated carbocycles. The second-order valence-corrected chi connectivity index (χ2v) is 9.75. The zero-order chi connectivity index (χ0) is 22.7. The average Bonchev–Trinajstić information content (AvgIpc) is 3.25. The number of hydrogen-bond donors (Lipinski definition) is 0. The summed E-state index contributed by atoms with van der Waals surface area (Å²) in [5, 5.41) is 0. The minimum atomic E-state index is 0.0236. The lowest BCUT2D eigenvalue weighted by Crippen LogP contribution is -2.37. The quantitative estimate of drug-likeness (QED) is 0.184. The van der Waals surface area contributed by atoms with Gasteiger partial charge in [-0.3, -0.25) is 0 Å². The fourth-order valence-corrected chi connectivity index (χ4v) is 5.17. The number of rotatable bonds is 14. The van der Waals surface area contributed by atoms with Crippen LogP contribution in [0.3, 0.4) is 0 Å². The Balaban J connectivity index is 1.79. The molecule has 0 spiro atoms. The second kappa shape index (κ2) is 12.6. The Hall–Kier alpha value is -2.35. The summed E-state index contributed by atoms with van der Waals surface area (Å²) in [5.41, 5.74) is 2.87. The van der Waals surface area contributed by atoms with Crippen LogP contribution in [0.5, 0.6) is 0 Å². The minimum Gasteiger partial charge on any atom is -0.240 e. The Labute approximate surface area is 196 Å². The van der Waals surface area contributed by atoms with Crippen LogP contribution < -0.4 is 4.57 Å². The maximum absolute atomic E-state index is 2.48. The first-order chi connectivity index (χ1) is 15.6. The molecule has 0 fully saturated rings. The summed E-state index contributed by atoms with van der Waals surface area (Å²) >= 11 is 0. The van der Waals surface area contributed by atoms with Gasteiger partial charge in [-0.1, -0.05) is 119 Å². The Morgan fingerprint density at radius 1 is 0.812 bits per heavy atom. The minimum absolute atomic E-state index is 0.0236. The first-order valence-corrected chi connectivity index (χ1v) is 12.8. The Morgan fingerprint density at radius 2 is 1.41 bits per heavy atom. The van der Waals surface area contributed by atoms with Gasteiger partial charge in [0.05, 0.1) is 7.05 Å². The van der Waals surface area contributed by atoms with E-state index in [-0.39, 0.29) is 5.41 Å². The van der Waals surface area contributed by atoms with E-state index in [2.05, 4.69) is 109 Å². The maximum atomic E-state index is 2.48. The molecule has 0 aliphatic rings. The molecule has 1 aromatic heterocycles. The van der Waals surface area contributed by atoms with Gasteiger partial charge in [-0.05, 0) is 30.4 Å². The lowest BCUT2D eigenvalue weighted by atomic mass is 9.70. The molecule has 0 N–H and O–H groups in total. The number of aryl methyl sites for hydroxylation is 1. The van der Waals surface area contributed by atoms with Crippen molar-refractivity contribution in [3.05, 3.63) is 90.5 Å². The van der Waals surface area contributed by atoms with Crippen molar-refractivity contribution in [1.29, 1.82) is 0 Å². The van der Waals surface area contributed by atoms with Crippen LogP contribution in [0, 0.1) is 0 Å². The monoisotopic (exact) mass is 431 g/mol. The second-order valence-electron chi connectivity index (χ2n) is 9.75. The van der Waals surface area contributed by atoms with Gasteiger partial charge in [-0.15, -0.1) is 0 Å². The molecule has 2 aromatic carbocycles. The van der Waals surface area contributed by atoms with Gasteiger partial charge >= 0.3 is 0 Å². The van der Waals surface area contributed by atoms with Gasteiger partial charge in [-0.2, -0.15) is 0 Å². The van der Waals surface area contributed by atoms with Crippen LogP contribution in [-0.2, 0) is 18.9 Å². The van der Waals surface area contributed by atoms with Crippen LogP contribution in [-0.4, -0.2) is 4.57 Å². The van der Waals surface area contributed by atoms with Crippen molar-refractivity contribution in [1.82, 2.24) is 4.57 Å². The number of nitrogens with zero attached hydrogens (tertiary/aromatic N) is 2. The topological polar surface area (TPSA) is 8.81 Å². The SMILES string of the molecule is CCCCCCCCCCC(n1cc[n+](C)c1)C(C)(Cc1ccccc1)c1ccccc1. The van der Waals surface area contributed by atoms with Gasteiger partial charge in [0.2, 0.25) is 6.33 Å². The van der Waals surface area contributed by atoms with Gasteiger partial charge in [-0.25, -0.2) is 9.13 Å². The third kappa shape index (κ3) is 6.82. The highest BCUT2D eigenvalue weighted by atomic mass is 15.1. The number of imidazole rings is 1. The normalized spacial score (nSPS) is 14.2.